The van der Waals surface area contributed by atoms with Gasteiger partial charge < -0.3 is 24.6 Å². The number of hydrogen-bond acceptors (Lipinski definition) is 10. The van der Waals surface area contributed by atoms with Gasteiger partial charge in [0, 0.05) is 39.8 Å². The van der Waals surface area contributed by atoms with Gasteiger partial charge in [-0.3, -0.25) is 4.79 Å². The van der Waals surface area contributed by atoms with E-state index in [9.17, 15) is 4.79 Å². The zero-order valence-electron chi connectivity index (χ0n) is 17.5. The van der Waals surface area contributed by atoms with Gasteiger partial charge in [-0.25, -0.2) is 4.98 Å². The van der Waals surface area contributed by atoms with Crippen molar-refractivity contribution in [3.05, 3.63) is 36.0 Å². The Bertz CT molecular complexity index is 1050. The van der Waals surface area contributed by atoms with Crippen LogP contribution in [0.15, 0.2) is 30.5 Å². The highest BCUT2D eigenvalue weighted by atomic mass is 32.1. The topological polar surface area (TPSA) is 106 Å². The van der Waals surface area contributed by atoms with Crippen LogP contribution < -0.4 is 15.0 Å². The van der Waals surface area contributed by atoms with Crippen LogP contribution in [0.3, 0.4) is 0 Å². The molecular formula is C20H23N7O3S. The summed E-state index contributed by atoms with van der Waals surface area (Å²) < 4.78 is 11.4. The number of rotatable bonds is 6. The maximum Gasteiger partial charge on any atom is 0.327 e. The van der Waals surface area contributed by atoms with Crippen LogP contribution in [0, 0.1) is 0 Å². The molecule has 0 atom stereocenters. The monoisotopic (exact) mass is 441 g/mol. The van der Waals surface area contributed by atoms with Gasteiger partial charge in [0.2, 0.25) is 5.95 Å². The van der Waals surface area contributed by atoms with Gasteiger partial charge >= 0.3 is 6.01 Å². The second-order valence-electron chi connectivity index (χ2n) is 6.95. The maximum absolute atomic E-state index is 12.1. The van der Waals surface area contributed by atoms with Crippen molar-refractivity contribution in [1.29, 1.82) is 0 Å². The smallest absolute Gasteiger partial charge is 0.327 e. The predicted octanol–water partition coefficient (Wildman–Crippen LogP) is 2.37. The fourth-order valence-electron chi connectivity index (χ4n) is 2.93. The number of aromatic nitrogens is 4. The minimum absolute atomic E-state index is 0.0749. The van der Waals surface area contributed by atoms with Crippen LogP contribution in [0.4, 0.5) is 11.1 Å². The molecule has 1 aliphatic heterocycles. The van der Waals surface area contributed by atoms with Gasteiger partial charge in [-0.1, -0.05) is 11.3 Å². The zero-order chi connectivity index (χ0) is 21.8. The molecule has 1 amide bonds. The number of hydrogen-bond donors (Lipinski definition) is 1. The largest absolute Gasteiger partial charge is 0.424 e. The van der Waals surface area contributed by atoms with Crippen molar-refractivity contribution in [3.63, 3.8) is 0 Å². The van der Waals surface area contributed by atoms with Crippen molar-refractivity contribution in [3.8, 4) is 22.5 Å². The lowest BCUT2D eigenvalue weighted by Crippen LogP contribution is -2.37. The van der Waals surface area contributed by atoms with E-state index in [1.807, 2.05) is 11.9 Å². The molecule has 0 aliphatic carbocycles. The third kappa shape index (κ3) is 4.89. The van der Waals surface area contributed by atoms with E-state index in [1.165, 1.54) is 16.2 Å². The van der Waals surface area contributed by atoms with E-state index in [0.717, 1.165) is 10.0 Å². The van der Waals surface area contributed by atoms with Crippen LogP contribution in [0.2, 0.25) is 0 Å². The Kier molecular flexibility index (Phi) is 6.23. The first-order valence-electron chi connectivity index (χ1n) is 9.76. The van der Waals surface area contributed by atoms with Gasteiger partial charge in [0.15, 0.2) is 11.0 Å². The molecule has 162 valence electrons. The first kappa shape index (κ1) is 20.9. The molecule has 1 N–H and O–H groups in total. The second-order valence-corrected chi connectivity index (χ2v) is 7.98. The highest BCUT2D eigenvalue weighted by Gasteiger charge is 2.19. The highest BCUT2D eigenvalue weighted by Crippen LogP contribution is 2.29. The quantitative estimate of drug-likeness (QED) is 0.617. The van der Waals surface area contributed by atoms with Crippen molar-refractivity contribution in [2.24, 2.45) is 0 Å². The molecule has 1 aromatic carbocycles. The number of nitrogens with one attached hydrogen (secondary N) is 1. The van der Waals surface area contributed by atoms with Crippen molar-refractivity contribution in [2.75, 3.05) is 57.7 Å². The van der Waals surface area contributed by atoms with Crippen LogP contribution in [0.5, 0.6) is 11.8 Å². The van der Waals surface area contributed by atoms with Crippen molar-refractivity contribution in [1.82, 2.24) is 24.8 Å². The molecule has 11 heteroatoms. The molecule has 4 rings (SSSR count). The molecule has 0 saturated carbocycles. The molecule has 1 aliphatic rings. The Balaban J connectivity index is 1.64. The number of ether oxygens (including phenoxy) is 2. The third-order valence-electron chi connectivity index (χ3n) is 4.55. The highest BCUT2D eigenvalue weighted by molar-refractivity contribution is 7.18. The lowest BCUT2D eigenvalue weighted by Gasteiger charge is -2.26. The minimum atomic E-state index is -0.0749. The minimum Gasteiger partial charge on any atom is -0.424 e. The molecule has 2 aromatic heterocycles. The SMILES string of the molecule is CNc1ncc(-c2nc(Oc3ccc(C(=O)N(C)C)cc3)nc(N3CCOCC3)n2)s1. The average molecular weight is 442 g/mol. The summed E-state index contributed by atoms with van der Waals surface area (Å²) in [6.07, 6.45) is 1.72. The van der Waals surface area contributed by atoms with E-state index < -0.39 is 0 Å². The summed E-state index contributed by atoms with van der Waals surface area (Å²) in [5, 5.41) is 3.79. The van der Waals surface area contributed by atoms with Gasteiger partial charge in [-0.05, 0) is 24.3 Å². The summed E-state index contributed by atoms with van der Waals surface area (Å²) in [7, 11) is 5.24. The lowest BCUT2D eigenvalue weighted by atomic mass is 10.2. The summed E-state index contributed by atoms with van der Waals surface area (Å²) in [6, 6.07) is 7.05. The number of nitrogens with zero attached hydrogens (tertiary/aromatic N) is 6. The Labute approximate surface area is 183 Å². The van der Waals surface area contributed by atoms with Gasteiger partial charge in [0.05, 0.1) is 24.3 Å². The third-order valence-corrected chi connectivity index (χ3v) is 5.56. The Morgan fingerprint density at radius 1 is 1.16 bits per heavy atom. The fraction of sp³-hybridized carbons (Fsp3) is 0.350. The number of thiazole rings is 1. The van der Waals surface area contributed by atoms with Crippen LogP contribution in [-0.2, 0) is 4.74 Å². The normalized spacial score (nSPS) is 13.7. The Hall–Kier alpha value is -3.31. The van der Waals surface area contributed by atoms with E-state index in [-0.39, 0.29) is 11.9 Å². The maximum atomic E-state index is 12.1. The van der Waals surface area contributed by atoms with Crippen LogP contribution in [-0.4, -0.2) is 78.2 Å². The van der Waals surface area contributed by atoms with E-state index in [0.29, 0.717) is 49.4 Å². The van der Waals surface area contributed by atoms with Gasteiger partial charge in [0.1, 0.15) is 5.75 Å². The number of benzene rings is 1. The Morgan fingerprint density at radius 2 is 1.90 bits per heavy atom. The molecule has 0 spiro atoms. The molecular weight excluding hydrogens is 418 g/mol. The van der Waals surface area contributed by atoms with E-state index in [1.54, 1.807) is 44.6 Å². The molecule has 1 fully saturated rings. The number of carbonyl (C=O) groups excluding carboxylic acids is 1. The average Bonchev–Trinajstić information content (AvgIpc) is 3.29. The Morgan fingerprint density at radius 3 is 2.55 bits per heavy atom. The van der Waals surface area contributed by atoms with Crippen molar-refractivity contribution < 1.29 is 14.3 Å². The van der Waals surface area contributed by atoms with Crippen LogP contribution in [0.1, 0.15) is 10.4 Å². The molecule has 10 nitrogen and oxygen atoms in total. The molecule has 0 bridgehead atoms. The number of carbonyl (C=O) groups is 1. The van der Waals surface area contributed by atoms with E-state index >= 15 is 0 Å². The number of amides is 1. The van der Waals surface area contributed by atoms with Gasteiger partial charge in [0.25, 0.3) is 5.91 Å². The molecule has 1 saturated heterocycles. The predicted molar refractivity (Wildman–Crippen MR) is 118 cm³/mol. The standard InChI is InChI=1S/C20H23N7O3S/c1-21-20-22-12-15(31-20)16-23-18(27-8-10-29-11-9-27)25-19(24-16)30-14-6-4-13(5-7-14)17(28)26(2)3/h4-7,12H,8-11H2,1-3H3,(H,21,22). The zero-order valence-corrected chi connectivity index (χ0v) is 18.3. The first-order chi connectivity index (χ1) is 15.0. The van der Waals surface area contributed by atoms with Gasteiger partial charge in [-0.15, -0.1) is 0 Å². The summed E-state index contributed by atoms with van der Waals surface area (Å²) in [5.74, 6) is 1.47. The van der Waals surface area contributed by atoms with E-state index in [2.05, 4.69) is 25.3 Å². The van der Waals surface area contributed by atoms with Crippen LogP contribution in [0.25, 0.3) is 10.7 Å². The molecule has 3 aromatic rings. The number of anilines is 2. The van der Waals surface area contributed by atoms with Crippen molar-refractivity contribution in [2.45, 2.75) is 0 Å². The van der Waals surface area contributed by atoms with Crippen molar-refractivity contribution >= 4 is 28.3 Å². The number of morpholine rings is 1. The molecule has 0 radical (unpaired) electrons. The lowest BCUT2D eigenvalue weighted by molar-refractivity contribution is 0.0827. The summed E-state index contributed by atoms with van der Waals surface area (Å²) >= 11 is 1.45. The van der Waals surface area contributed by atoms with Crippen LogP contribution >= 0.6 is 11.3 Å². The molecule has 0 unspecified atom stereocenters. The summed E-state index contributed by atoms with van der Waals surface area (Å²) in [5.41, 5.74) is 0.576. The second kappa shape index (κ2) is 9.23. The van der Waals surface area contributed by atoms with Gasteiger partial charge in [-0.2, -0.15) is 15.0 Å². The van der Waals surface area contributed by atoms with E-state index in [4.69, 9.17) is 9.47 Å². The molecule has 3 heterocycles. The summed E-state index contributed by atoms with van der Waals surface area (Å²) in [6.45, 7) is 2.61. The first-order valence-corrected chi connectivity index (χ1v) is 10.6. The summed E-state index contributed by atoms with van der Waals surface area (Å²) in [4.78, 5) is 34.4. The fourth-order valence-corrected chi connectivity index (χ4v) is 3.63. The molecule has 31 heavy (non-hydrogen) atoms.